The number of ether oxygens (including phenoxy) is 2. The highest BCUT2D eigenvalue weighted by atomic mass is 16.5. The van der Waals surface area contributed by atoms with Gasteiger partial charge >= 0.3 is 0 Å². The molecule has 0 fully saturated rings. The summed E-state index contributed by atoms with van der Waals surface area (Å²) < 4.78 is 11.2. The van der Waals surface area contributed by atoms with E-state index >= 15 is 0 Å². The first-order chi connectivity index (χ1) is 7.71. The molecule has 0 spiro atoms. The molecule has 0 N–H and O–H groups in total. The number of nitrogens with zero attached hydrogens (tertiary/aromatic N) is 1. The number of benzene rings is 1. The van der Waals surface area contributed by atoms with Crippen LogP contribution in [0.1, 0.15) is 18.9 Å². The van der Waals surface area contributed by atoms with Crippen LogP contribution in [0.2, 0.25) is 0 Å². The summed E-state index contributed by atoms with van der Waals surface area (Å²) in [5.41, 5.74) is 0.850. The van der Waals surface area contributed by atoms with Crippen molar-refractivity contribution in [2.45, 2.75) is 19.9 Å². The summed E-state index contributed by atoms with van der Waals surface area (Å²) in [5.74, 6) is 1.39. The van der Waals surface area contributed by atoms with Gasteiger partial charge in [0.05, 0.1) is 19.8 Å². The lowest BCUT2D eigenvalue weighted by molar-refractivity contribution is -0.471. The van der Waals surface area contributed by atoms with Crippen LogP contribution in [0.3, 0.4) is 0 Å². The van der Waals surface area contributed by atoms with Gasteiger partial charge in [0.15, 0.2) is 12.8 Å². The van der Waals surface area contributed by atoms with Gasteiger partial charge in [-0.25, -0.2) is 4.74 Å². The van der Waals surface area contributed by atoms with Gasteiger partial charge in [-0.1, -0.05) is 6.92 Å². The zero-order chi connectivity index (χ0) is 12.0. The van der Waals surface area contributed by atoms with Crippen LogP contribution in [0, 0.1) is 5.21 Å². The van der Waals surface area contributed by atoms with E-state index in [9.17, 15) is 5.21 Å². The quantitative estimate of drug-likeness (QED) is 0.332. The zero-order valence-corrected chi connectivity index (χ0v) is 9.90. The van der Waals surface area contributed by atoms with Gasteiger partial charge < -0.3 is 14.7 Å². The fraction of sp³-hybridized carbons (Fsp3) is 0.417. The van der Waals surface area contributed by atoms with Crippen molar-refractivity contribution in [1.82, 2.24) is 0 Å². The summed E-state index contributed by atoms with van der Waals surface area (Å²) in [7, 11) is 3.18. The van der Waals surface area contributed by atoms with Crippen LogP contribution >= 0.6 is 0 Å². The van der Waals surface area contributed by atoms with E-state index in [0.717, 1.165) is 22.5 Å². The molecule has 0 amide bonds. The molecular formula is C12H17NO3. The van der Waals surface area contributed by atoms with Gasteiger partial charge in [0, 0.05) is 12.5 Å². The molecule has 1 aromatic carbocycles. The van der Waals surface area contributed by atoms with E-state index in [1.54, 1.807) is 26.5 Å². The molecule has 4 nitrogen and oxygen atoms in total. The van der Waals surface area contributed by atoms with Crippen molar-refractivity contribution in [3.8, 4) is 11.5 Å². The van der Waals surface area contributed by atoms with E-state index in [0.29, 0.717) is 12.3 Å². The Bertz CT molecular complexity index is 375. The fourth-order valence-corrected chi connectivity index (χ4v) is 1.42. The van der Waals surface area contributed by atoms with E-state index < -0.39 is 0 Å². The number of methoxy groups -OCH3 is 2. The normalized spacial score (nSPS) is 11.3. The first kappa shape index (κ1) is 12.4. The second kappa shape index (κ2) is 6.00. The van der Waals surface area contributed by atoms with Crippen LogP contribution < -0.4 is 9.47 Å². The number of hydrogen-bond donors (Lipinski definition) is 0. The van der Waals surface area contributed by atoms with Crippen LogP contribution in [0.5, 0.6) is 11.5 Å². The molecule has 0 aliphatic rings. The third kappa shape index (κ3) is 3.15. The largest absolute Gasteiger partial charge is 0.624 e. The van der Waals surface area contributed by atoms with Gasteiger partial charge in [0.25, 0.3) is 0 Å². The summed E-state index contributed by atoms with van der Waals surface area (Å²) in [4.78, 5) is 0. The van der Waals surface area contributed by atoms with Crippen LogP contribution in [0.25, 0.3) is 0 Å². The van der Waals surface area contributed by atoms with Crippen molar-refractivity contribution < 1.29 is 14.2 Å². The molecule has 0 aliphatic heterocycles. The van der Waals surface area contributed by atoms with Crippen molar-refractivity contribution in [3.63, 3.8) is 0 Å². The topological polar surface area (TPSA) is 44.5 Å². The molecule has 0 aromatic heterocycles. The molecule has 88 valence electrons. The minimum absolute atomic E-state index is 0.293. The molecule has 1 rings (SSSR count). The van der Waals surface area contributed by atoms with Crippen LogP contribution in [0.15, 0.2) is 18.2 Å². The lowest BCUT2D eigenvalue weighted by Crippen LogP contribution is -2.05. The van der Waals surface area contributed by atoms with Gasteiger partial charge in [-0.15, -0.1) is 0 Å². The minimum atomic E-state index is 0.293. The number of hydroxylamine groups is 1. The standard InChI is InChI=1S/C12H17NO3/c1-4-7-13(14)9-10-5-6-11(15-2)8-12(10)16-3/h5-8H,4,9H2,1-3H3/b13-7+. The Balaban J connectivity index is 2.91. The summed E-state index contributed by atoms with van der Waals surface area (Å²) in [5, 5.41) is 11.4. The molecule has 16 heavy (non-hydrogen) atoms. The summed E-state index contributed by atoms with van der Waals surface area (Å²) in [6.07, 6.45) is 2.33. The van der Waals surface area contributed by atoms with E-state index in [1.165, 1.54) is 0 Å². The molecular weight excluding hydrogens is 206 g/mol. The monoisotopic (exact) mass is 223 g/mol. The Morgan fingerprint density at radius 3 is 2.62 bits per heavy atom. The van der Waals surface area contributed by atoms with Crippen molar-refractivity contribution in [1.29, 1.82) is 0 Å². The average Bonchev–Trinajstić information content (AvgIpc) is 2.30. The van der Waals surface area contributed by atoms with Gasteiger partial charge in [0.1, 0.15) is 11.5 Å². The lowest BCUT2D eigenvalue weighted by atomic mass is 10.2. The maximum Gasteiger partial charge on any atom is 0.182 e. The first-order valence-corrected chi connectivity index (χ1v) is 5.19. The van der Waals surface area contributed by atoms with Gasteiger partial charge in [-0.3, -0.25) is 0 Å². The Labute approximate surface area is 95.7 Å². The maximum absolute atomic E-state index is 11.4. The molecule has 0 heterocycles. The van der Waals surface area contributed by atoms with Crippen LogP contribution in [0.4, 0.5) is 0 Å². The zero-order valence-electron chi connectivity index (χ0n) is 9.90. The molecule has 1 aromatic rings. The molecule has 0 atom stereocenters. The Morgan fingerprint density at radius 1 is 1.31 bits per heavy atom. The highest BCUT2D eigenvalue weighted by Gasteiger charge is 2.07. The molecule has 4 heteroatoms. The highest BCUT2D eigenvalue weighted by molar-refractivity contribution is 5.50. The van der Waals surface area contributed by atoms with Crippen LogP contribution in [-0.4, -0.2) is 25.2 Å². The number of rotatable bonds is 5. The minimum Gasteiger partial charge on any atom is -0.624 e. The predicted octanol–water partition coefficient (Wildman–Crippen LogP) is 2.19. The van der Waals surface area contributed by atoms with E-state index in [4.69, 9.17) is 9.47 Å². The highest BCUT2D eigenvalue weighted by Crippen LogP contribution is 2.24. The van der Waals surface area contributed by atoms with E-state index in [-0.39, 0.29) is 0 Å². The third-order valence-corrected chi connectivity index (χ3v) is 2.21. The van der Waals surface area contributed by atoms with E-state index in [2.05, 4.69) is 0 Å². The Morgan fingerprint density at radius 2 is 2.06 bits per heavy atom. The molecule has 0 aliphatic carbocycles. The maximum atomic E-state index is 11.4. The summed E-state index contributed by atoms with van der Waals surface area (Å²) in [6, 6.07) is 5.43. The molecule has 0 saturated heterocycles. The van der Waals surface area contributed by atoms with Crippen LogP contribution in [-0.2, 0) is 6.54 Å². The average molecular weight is 223 g/mol. The first-order valence-electron chi connectivity index (χ1n) is 5.19. The lowest BCUT2D eigenvalue weighted by Gasteiger charge is -2.10. The molecule has 0 saturated carbocycles. The van der Waals surface area contributed by atoms with Crippen molar-refractivity contribution in [2.75, 3.05) is 14.2 Å². The van der Waals surface area contributed by atoms with E-state index in [1.807, 2.05) is 19.1 Å². The van der Waals surface area contributed by atoms with Crippen molar-refractivity contribution >= 4 is 6.21 Å². The van der Waals surface area contributed by atoms with Crippen molar-refractivity contribution in [2.24, 2.45) is 0 Å². The Hall–Kier alpha value is -1.71. The second-order valence-corrected chi connectivity index (χ2v) is 3.34. The molecule has 0 bridgehead atoms. The molecule has 0 unspecified atom stereocenters. The summed E-state index contributed by atoms with van der Waals surface area (Å²) in [6.45, 7) is 2.22. The fourth-order valence-electron chi connectivity index (χ4n) is 1.42. The molecule has 0 radical (unpaired) electrons. The smallest absolute Gasteiger partial charge is 0.182 e. The Kier molecular flexibility index (Phi) is 4.64. The SMILES string of the molecule is CC/C=[N+](/[O-])Cc1ccc(OC)cc1OC. The number of hydrogen-bond acceptors (Lipinski definition) is 3. The van der Waals surface area contributed by atoms with Gasteiger partial charge in [-0.05, 0) is 12.1 Å². The van der Waals surface area contributed by atoms with Gasteiger partial charge in [0.2, 0.25) is 0 Å². The van der Waals surface area contributed by atoms with Crippen molar-refractivity contribution in [3.05, 3.63) is 29.0 Å². The third-order valence-electron chi connectivity index (χ3n) is 2.21. The summed E-state index contributed by atoms with van der Waals surface area (Å²) >= 11 is 0. The van der Waals surface area contributed by atoms with Gasteiger partial charge in [-0.2, -0.15) is 0 Å². The second-order valence-electron chi connectivity index (χ2n) is 3.34. The predicted molar refractivity (Wildman–Crippen MR) is 63.2 cm³/mol.